The highest BCUT2D eigenvalue weighted by Gasteiger charge is 2.44. The molecule has 13 heteroatoms. The largest absolute Gasteiger partial charge is 0.453 e. The van der Waals surface area contributed by atoms with Gasteiger partial charge in [-0.3, -0.25) is 10.1 Å². The van der Waals surface area contributed by atoms with Crippen molar-refractivity contribution in [3.05, 3.63) is 88.6 Å². The van der Waals surface area contributed by atoms with Crippen molar-refractivity contribution in [3.63, 3.8) is 0 Å². The molecule has 2 heterocycles. The Bertz CT molecular complexity index is 1900. The average Bonchev–Trinajstić information content (AvgIpc) is 3.65. The van der Waals surface area contributed by atoms with E-state index in [4.69, 9.17) is 16.3 Å². The molecule has 0 spiro atoms. The maximum atomic E-state index is 13.4. The summed E-state index contributed by atoms with van der Waals surface area (Å²) in [6.45, 7) is 0.586. The third-order valence-electron chi connectivity index (χ3n) is 8.07. The fourth-order valence-electron chi connectivity index (χ4n) is 5.62. The Morgan fingerprint density at radius 3 is 2.39 bits per heavy atom. The van der Waals surface area contributed by atoms with E-state index in [1.807, 2.05) is 41.0 Å². The lowest BCUT2D eigenvalue weighted by molar-refractivity contribution is 0.0773. The highest BCUT2D eigenvalue weighted by atomic mass is 35.5. The van der Waals surface area contributed by atoms with Gasteiger partial charge in [-0.2, -0.15) is 0 Å². The fraction of sp³-hybridized carbons (Fsp3) is 0.258. The lowest BCUT2D eigenvalue weighted by Gasteiger charge is -2.24. The average molecular weight is 636 g/mol. The number of methoxy groups -OCH3 is 1. The Morgan fingerprint density at radius 1 is 1.02 bits per heavy atom. The van der Waals surface area contributed by atoms with E-state index in [9.17, 15) is 22.8 Å². The van der Waals surface area contributed by atoms with Crippen molar-refractivity contribution in [1.82, 2.24) is 19.5 Å². The third-order valence-corrected chi connectivity index (χ3v) is 9.67. The summed E-state index contributed by atoms with van der Waals surface area (Å²) < 4.78 is 34.0. The number of anilines is 1. The second-order valence-corrected chi connectivity index (χ2v) is 13.2. The maximum absolute atomic E-state index is 13.4. The van der Waals surface area contributed by atoms with Crippen LogP contribution >= 0.6 is 11.6 Å². The summed E-state index contributed by atoms with van der Waals surface area (Å²) in [5.41, 5.74) is 4.09. The minimum atomic E-state index is -4.05. The van der Waals surface area contributed by atoms with E-state index in [0.29, 0.717) is 48.6 Å². The monoisotopic (exact) mass is 635 g/mol. The molecule has 1 aliphatic heterocycles. The van der Waals surface area contributed by atoms with Crippen LogP contribution in [-0.2, 0) is 27.6 Å². The van der Waals surface area contributed by atoms with Crippen LogP contribution in [0.15, 0.2) is 71.6 Å². The number of ether oxygens (including phenoxy) is 1. The molecule has 4 aromatic rings. The molecule has 4 amide bonds. The highest BCUT2D eigenvalue weighted by molar-refractivity contribution is 7.90. The van der Waals surface area contributed by atoms with Crippen molar-refractivity contribution in [3.8, 4) is 5.69 Å². The number of nitrogens with one attached hydrogen (secondary N) is 3. The van der Waals surface area contributed by atoms with E-state index < -0.39 is 27.7 Å². The number of carbonyl (C=O) groups is 3. The molecule has 0 bridgehead atoms. The zero-order chi connectivity index (χ0) is 31.2. The Morgan fingerprint density at radius 2 is 1.73 bits per heavy atom. The standard InChI is InChI=1S/C31H30ClN5O6S/c1-36-16-13-24-25-17-21(33-30(40)43-2)7-12-26(25)37(27(24)28(36)38)22-8-3-19(4-9-22)18-31(14-15-31)34-29(39)35-44(41,42)23-10-5-20(32)6-11-23/h3-12,17H,13-16,18H2,1-2H3,(H,33,40)(H2,34,35,39). The molecule has 6 rings (SSSR count). The Balaban J connectivity index is 1.23. The van der Waals surface area contributed by atoms with Gasteiger partial charge in [-0.15, -0.1) is 0 Å². The number of benzene rings is 3. The summed E-state index contributed by atoms with van der Waals surface area (Å²) in [4.78, 5) is 39.5. The predicted molar refractivity (Wildman–Crippen MR) is 166 cm³/mol. The van der Waals surface area contributed by atoms with E-state index in [-0.39, 0.29) is 10.8 Å². The summed E-state index contributed by atoms with van der Waals surface area (Å²) in [6.07, 6.45) is 2.03. The van der Waals surface area contributed by atoms with Gasteiger partial charge in [0.25, 0.3) is 15.9 Å². The number of likely N-dealkylation sites (N-methyl/N-ethyl adjacent to an activating group) is 1. The predicted octanol–water partition coefficient (Wildman–Crippen LogP) is 4.85. The van der Waals surface area contributed by atoms with Gasteiger partial charge in [0.15, 0.2) is 0 Å². The third kappa shape index (κ3) is 5.70. The molecular formula is C31H30ClN5O6S. The number of urea groups is 1. The van der Waals surface area contributed by atoms with Crippen LogP contribution in [0, 0.1) is 0 Å². The van der Waals surface area contributed by atoms with Crippen LogP contribution in [0.5, 0.6) is 0 Å². The van der Waals surface area contributed by atoms with Crippen molar-refractivity contribution in [2.45, 2.75) is 36.1 Å². The van der Waals surface area contributed by atoms with Gasteiger partial charge in [0.2, 0.25) is 0 Å². The van der Waals surface area contributed by atoms with Gasteiger partial charge in [-0.05, 0) is 91.4 Å². The zero-order valence-corrected chi connectivity index (χ0v) is 25.6. The molecule has 44 heavy (non-hydrogen) atoms. The van der Waals surface area contributed by atoms with Gasteiger partial charge < -0.3 is 19.5 Å². The fourth-order valence-corrected chi connectivity index (χ4v) is 6.66. The number of rotatable bonds is 7. The SMILES string of the molecule is COC(=O)Nc1ccc2c(c1)c1c(n2-c2ccc(CC3(NC(=O)NS(=O)(=O)c4ccc(Cl)cc4)CC3)cc2)C(=O)N(C)CC1. The number of nitrogens with zero attached hydrogens (tertiary/aromatic N) is 2. The lowest BCUT2D eigenvalue weighted by Crippen LogP contribution is -2.46. The second-order valence-electron chi connectivity index (χ2n) is 11.1. The molecule has 1 aliphatic carbocycles. The van der Waals surface area contributed by atoms with Gasteiger partial charge in [-0.1, -0.05) is 23.7 Å². The number of amides is 4. The molecule has 0 atom stereocenters. The van der Waals surface area contributed by atoms with E-state index in [1.165, 1.54) is 31.4 Å². The lowest BCUT2D eigenvalue weighted by atomic mass is 10.0. The van der Waals surface area contributed by atoms with Crippen LogP contribution in [0.25, 0.3) is 16.6 Å². The van der Waals surface area contributed by atoms with E-state index >= 15 is 0 Å². The van der Waals surface area contributed by atoms with Crippen molar-refractivity contribution >= 4 is 56.2 Å². The van der Waals surface area contributed by atoms with Crippen molar-refractivity contribution in [2.24, 2.45) is 0 Å². The molecule has 1 aromatic heterocycles. The van der Waals surface area contributed by atoms with Crippen molar-refractivity contribution < 1.29 is 27.5 Å². The van der Waals surface area contributed by atoms with Crippen molar-refractivity contribution in [2.75, 3.05) is 26.0 Å². The summed E-state index contributed by atoms with van der Waals surface area (Å²) in [5.74, 6) is -0.0882. The molecule has 0 unspecified atom stereocenters. The van der Waals surface area contributed by atoms with E-state index in [2.05, 4.69) is 15.4 Å². The molecule has 228 valence electrons. The summed E-state index contributed by atoms with van der Waals surface area (Å²) in [7, 11) is -0.973. The first-order chi connectivity index (χ1) is 21.0. The first kappa shape index (κ1) is 29.5. The maximum Gasteiger partial charge on any atom is 0.411 e. The first-order valence-corrected chi connectivity index (χ1v) is 15.8. The van der Waals surface area contributed by atoms with Crippen LogP contribution < -0.4 is 15.4 Å². The highest BCUT2D eigenvalue weighted by Crippen LogP contribution is 2.39. The Kier molecular flexibility index (Phi) is 7.50. The molecule has 2 aliphatic rings. The molecule has 0 saturated heterocycles. The number of hydrogen-bond donors (Lipinski definition) is 3. The van der Waals surface area contributed by atoms with E-state index in [0.717, 1.165) is 27.7 Å². The summed E-state index contributed by atoms with van der Waals surface area (Å²) in [5, 5.41) is 6.80. The minimum Gasteiger partial charge on any atom is -0.453 e. The minimum absolute atomic E-state index is 0.0576. The molecule has 3 N–H and O–H groups in total. The number of halogens is 1. The smallest absolute Gasteiger partial charge is 0.411 e. The first-order valence-electron chi connectivity index (χ1n) is 14.0. The number of aromatic nitrogens is 1. The number of carbonyl (C=O) groups excluding carboxylic acids is 3. The molecule has 1 saturated carbocycles. The van der Waals surface area contributed by atoms with Gasteiger partial charge in [0, 0.05) is 40.9 Å². The number of hydrogen-bond acceptors (Lipinski definition) is 6. The van der Waals surface area contributed by atoms with Gasteiger partial charge in [-0.25, -0.2) is 22.7 Å². The normalized spacial score (nSPS) is 15.4. The topological polar surface area (TPSA) is 139 Å². The Labute approximate surface area is 259 Å². The van der Waals surface area contributed by atoms with E-state index in [1.54, 1.807) is 18.0 Å². The summed E-state index contributed by atoms with van der Waals surface area (Å²) >= 11 is 5.84. The van der Waals surface area contributed by atoms with Crippen molar-refractivity contribution in [1.29, 1.82) is 0 Å². The molecule has 11 nitrogen and oxygen atoms in total. The van der Waals surface area contributed by atoms with Crippen LogP contribution in [-0.4, -0.2) is 62.2 Å². The quantitative estimate of drug-likeness (QED) is 0.265. The second kappa shape index (κ2) is 11.2. The van der Waals surface area contributed by atoms with Gasteiger partial charge in [0.1, 0.15) is 5.69 Å². The molecule has 3 aromatic carbocycles. The van der Waals surface area contributed by atoms with Crippen LogP contribution in [0.2, 0.25) is 5.02 Å². The summed E-state index contributed by atoms with van der Waals surface area (Å²) in [6, 6.07) is 18.0. The molecule has 0 radical (unpaired) electrons. The molecular weight excluding hydrogens is 606 g/mol. The van der Waals surface area contributed by atoms with Gasteiger partial charge in [0.05, 0.1) is 17.5 Å². The van der Waals surface area contributed by atoms with Crippen LogP contribution in [0.3, 0.4) is 0 Å². The molecule has 1 fully saturated rings. The van der Waals surface area contributed by atoms with Crippen LogP contribution in [0.4, 0.5) is 15.3 Å². The number of sulfonamides is 1. The Hall–Kier alpha value is -4.55. The zero-order valence-electron chi connectivity index (χ0n) is 24.0. The number of fused-ring (bicyclic) bond motifs is 3. The van der Waals surface area contributed by atoms with Crippen LogP contribution in [0.1, 0.15) is 34.5 Å². The van der Waals surface area contributed by atoms with Gasteiger partial charge >= 0.3 is 12.1 Å².